The zero-order valence-corrected chi connectivity index (χ0v) is 19.3. The van der Waals surface area contributed by atoms with Crippen molar-refractivity contribution in [3.05, 3.63) is 108 Å². The Morgan fingerprint density at radius 2 is 1.59 bits per heavy atom. The highest BCUT2D eigenvalue weighted by Gasteiger charge is 2.18. The van der Waals surface area contributed by atoms with Crippen molar-refractivity contribution in [2.75, 3.05) is 5.32 Å². The molecule has 4 N–H and O–H groups in total. The average Bonchev–Trinajstić information content (AvgIpc) is 3.53. The summed E-state index contributed by atoms with van der Waals surface area (Å²) in [6.07, 6.45) is 1.28. The fourth-order valence-corrected chi connectivity index (χ4v) is 3.65. The largest absolute Gasteiger partial charge is 0.504 e. The SMILES string of the molecule is O=C(Cc1ccc(NC(=O)c2cc3ccccc3o2)cc1)NNC(=O)c1nn(-c2ccccc2)cc1O. The van der Waals surface area contributed by atoms with Crippen LogP contribution in [0.1, 0.15) is 26.6 Å². The van der Waals surface area contributed by atoms with Crippen molar-refractivity contribution in [1.82, 2.24) is 20.6 Å². The van der Waals surface area contributed by atoms with E-state index in [9.17, 15) is 19.5 Å². The normalized spacial score (nSPS) is 10.7. The Labute approximate surface area is 210 Å². The lowest BCUT2D eigenvalue weighted by molar-refractivity contribution is -0.121. The van der Waals surface area contributed by atoms with Gasteiger partial charge in [-0.3, -0.25) is 25.2 Å². The molecule has 0 saturated heterocycles. The van der Waals surface area contributed by atoms with E-state index < -0.39 is 11.8 Å². The molecule has 5 aromatic rings. The number of amides is 3. The number of aromatic nitrogens is 2. The summed E-state index contributed by atoms with van der Waals surface area (Å²) in [5.74, 6) is -1.75. The highest BCUT2D eigenvalue weighted by molar-refractivity contribution is 6.04. The molecule has 10 nitrogen and oxygen atoms in total. The van der Waals surface area contributed by atoms with Crippen LogP contribution in [0.25, 0.3) is 16.7 Å². The number of hydrogen-bond acceptors (Lipinski definition) is 6. The van der Waals surface area contributed by atoms with Gasteiger partial charge in [0.05, 0.1) is 18.3 Å². The Hall–Kier alpha value is -5.38. The van der Waals surface area contributed by atoms with Crippen molar-refractivity contribution in [2.24, 2.45) is 0 Å². The lowest BCUT2D eigenvalue weighted by Crippen LogP contribution is -2.42. The highest BCUT2D eigenvalue weighted by Crippen LogP contribution is 2.20. The number of furan rings is 1. The third kappa shape index (κ3) is 5.33. The summed E-state index contributed by atoms with van der Waals surface area (Å²) in [4.78, 5) is 37.2. The van der Waals surface area contributed by atoms with Gasteiger partial charge in [0.15, 0.2) is 17.2 Å². The summed E-state index contributed by atoms with van der Waals surface area (Å²) in [5.41, 5.74) is 6.81. The molecule has 2 aromatic heterocycles. The Balaban J connectivity index is 1.13. The number of hydrazine groups is 1. The summed E-state index contributed by atoms with van der Waals surface area (Å²) >= 11 is 0. The molecular weight excluding hydrogens is 474 g/mol. The third-order valence-corrected chi connectivity index (χ3v) is 5.47. The molecule has 0 unspecified atom stereocenters. The van der Waals surface area contributed by atoms with E-state index in [2.05, 4.69) is 21.3 Å². The molecule has 2 heterocycles. The van der Waals surface area contributed by atoms with E-state index in [0.29, 0.717) is 22.5 Å². The first-order valence-corrected chi connectivity index (χ1v) is 11.3. The first kappa shape index (κ1) is 23.4. The Bertz CT molecular complexity index is 1560. The topological polar surface area (TPSA) is 138 Å². The maximum atomic E-state index is 12.5. The lowest BCUT2D eigenvalue weighted by Gasteiger charge is -2.08. The minimum Gasteiger partial charge on any atom is -0.504 e. The second kappa shape index (κ2) is 10.1. The van der Waals surface area contributed by atoms with Gasteiger partial charge in [-0.25, -0.2) is 4.68 Å². The van der Waals surface area contributed by atoms with Crippen molar-refractivity contribution in [2.45, 2.75) is 6.42 Å². The highest BCUT2D eigenvalue weighted by atomic mass is 16.3. The molecule has 0 aliphatic heterocycles. The third-order valence-electron chi connectivity index (χ3n) is 5.47. The Morgan fingerprint density at radius 3 is 2.35 bits per heavy atom. The molecule has 0 bridgehead atoms. The van der Waals surface area contributed by atoms with Crippen LogP contribution >= 0.6 is 0 Å². The van der Waals surface area contributed by atoms with Gasteiger partial charge in [-0.05, 0) is 42.0 Å². The molecule has 0 aliphatic carbocycles. The molecule has 37 heavy (non-hydrogen) atoms. The molecule has 0 atom stereocenters. The van der Waals surface area contributed by atoms with Crippen LogP contribution in [0.3, 0.4) is 0 Å². The number of rotatable bonds is 6. The number of aromatic hydroxyl groups is 1. The van der Waals surface area contributed by atoms with Gasteiger partial charge in [0.2, 0.25) is 5.91 Å². The van der Waals surface area contributed by atoms with Gasteiger partial charge in [-0.2, -0.15) is 5.10 Å². The smallest absolute Gasteiger partial charge is 0.294 e. The Morgan fingerprint density at radius 1 is 0.865 bits per heavy atom. The van der Waals surface area contributed by atoms with Gasteiger partial charge < -0.3 is 14.8 Å². The monoisotopic (exact) mass is 495 g/mol. The van der Waals surface area contributed by atoms with Crippen LogP contribution in [-0.4, -0.2) is 32.6 Å². The van der Waals surface area contributed by atoms with Crippen molar-refractivity contribution in [1.29, 1.82) is 0 Å². The predicted octanol–water partition coefficient (Wildman–Crippen LogP) is 3.58. The zero-order valence-electron chi connectivity index (χ0n) is 19.3. The summed E-state index contributed by atoms with van der Waals surface area (Å²) in [5, 5.41) is 17.7. The van der Waals surface area contributed by atoms with E-state index in [-0.39, 0.29) is 29.5 Å². The van der Waals surface area contributed by atoms with Gasteiger partial charge in [0, 0.05) is 11.1 Å². The quantitative estimate of drug-likeness (QED) is 0.266. The van der Waals surface area contributed by atoms with Crippen LogP contribution in [0.2, 0.25) is 0 Å². The molecule has 3 aromatic carbocycles. The number of fused-ring (bicyclic) bond motifs is 1. The maximum Gasteiger partial charge on any atom is 0.294 e. The zero-order chi connectivity index (χ0) is 25.8. The number of benzene rings is 3. The van der Waals surface area contributed by atoms with Gasteiger partial charge in [-0.1, -0.05) is 48.5 Å². The van der Waals surface area contributed by atoms with E-state index >= 15 is 0 Å². The number of carbonyl (C=O) groups excluding carboxylic acids is 3. The van der Waals surface area contributed by atoms with Crippen molar-refractivity contribution >= 4 is 34.4 Å². The number of anilines is 1. The number of para-hydroxylation sites is 2. The minimum absolute atomic E-state index is 0.0253. The van der Waals surface area contributed by atoms with Crippen LogP contribution < -0.4 is 16.2 Å². The van der Waals surface area contributed by atoms with Crippen LogP contribution in [0, 0.1) is 0 Å². The van der Waals surface area contributed by atoms with Crippen molar-refractivity contribution < 1.29 is 23.9 Å². The summed E-state index contributed by atoms with van der Waals surface area (Å²) in [6, 6.07) is 24.7. The summed E-state index contributed by atoms with van der Waals surface area (Å²) in [7, 11) is 0. The van der Waals surface area contributed by atoms with Crippen molar-refractivity contribution in [3.63, 3.8) is 0 Å². The van der Waals surface area contributed by atoms with Crippen LogP contribution in [0.4, 0.5) is 5.69 Å². The molecule has 0 aliphatic rings. The van der Waals surface area contributed by atoms with Gasteiger partial charge in [0.1, 0.15) is 5.58 Å². The van der Waals surface area contributed by atoms with Crippen LogP contribution in [0.15, 0.2) is 95.5 Å². The average molecular weight is 495 g/mol. The van der Waals surface area contributed by atoms with Gasteiger partial charge >= 0.3 is 0 Å². The second-order valence-electron chi connectivity index (χ2n) is 8.12. The molecule has 10 heteroatoms. The minimum atomic E-state index is -0.760. The van der Waals surface area contributed by atoms with E-state index in [1.54, 1.807) is 60.7 Å². The molecule has 0 radical (unpaired) electrons. The van der Waals surface area contributed by atoms with E-state index in [1.165, 1.54) is 10.9 Å². The van der Waals surface area contributed by atoms with Gasteiger partial charge in [-0.15, -0.1) is 0 Å². The van der Waals surface area contributed by atoms with E-state index in [1.807, 2.05) is 24.3 Å². The fourth-order valence-electron chi connectivity index (χ4n) is 3.65. The van der Waals surface area contributed by atoms with Crippen LogP contribution in [0.5, 0.6) is 5.75 Å². The maximum absolute atomic E-state index is 12.5. The first-order chi connectivity index (χ1) is 18.0. The van der Waals surface area contributed by atoms with Crippen LogP contribution in [-0.2, 0) is 11.2 Å². The molecule has 0 saturated carbocycles. The number of hydrogen-bond donors (Lipinski definition) is 4. The number of carbonyl (C=O) groups is 3. The summed E-state index contributed by atoms with van der Waals surface area (Å²) in [6.45, 7) is 0. The number of nitrogens with one attached hydrogen (secondary N) is 3. The molecule has 184 valence electrons. The summed E-state index contributed by atoms with van der Waals surface area (Å²) < 4.78 is 6.93. The molecule has 0 fully saturated rings. The standard InChI is InChI=1S/C27H21N5O5/c33-21-16-32(20-7-2-1-3-8-20)31-25(21)27(36)30-29-24(34)14-17-10-12-19(13-11-17)28-26(35)23-15-18-6-4-5-9-22(18)37-23/h1-13,15-16,33H,14H2,(H,28,35)(H,29,34)(H,30,36). The van der Waals surface area contributed by atoms with E-state index in [0.717, 1.165) is 5.39 Å². The Kier molecular flexibility index (Phi) is 6.37. The molecule has 5 rings (SSSR count). The number of nitrogens with zero attached hydrogens (tertiary/aromatic N) is 2. The molecule has 3 amide bonds. The second-order valence-corrected chi connectivity index (χ2v) is 8.12. The van der Waals surface area contributed by atoms with Gasteiger partial charge in [0.25, 0.3) is 11.8 Å². The molecule has 0 spiro atoms. The lowest BCUT2D eigenvalue weighted by atomic mass is 10.1. The fraction of sp³-hybridized carbons (Fsp3) is 0.0370. The molecular formula is C27H21N5O5. The van der Waals surface area contributed by atoms with Crippen molar-refractivity contribution in [3.8, 4) is 11.4 Å². The first-order valence-electron chi connectivity index (χ1n) is 11.3. The van der Waals surface area contributed by atoms with E-state index in [4.69, 9.17) is 4.42 Å². The predicted molar refractivity (Wildman–Crippen MR) is 135 cm³/mol.